The van der Waals surface area contributed by atoms with Gasteiger partial charge in [-0.3, -0.25) is 9.48 Å². The molecular formula is C13H13Cl2N3O2. The smallest absolute Gasteiger partial charge is 0.259 e. The number of nitrogens with zero attached hydrogens (tertiary/aromatic N) is 2. The second kappa shape index (κ2) is 5.34. The fourth-order valence-corrected chi connectivity index (χ4v) is 2.42. The monoisotopic (exact) mass is 313 g/mol. The summed E-state index contributed by atoms with van der Waals surface area (Å²) in [6, 6.07) is 2.86. The van der Waals surface area contributed by atoms with E-state index in [1.807, 2.05) is 6.92 Å². The fourth-order valence-electron chi connectivity index (χ4n) is 1.93. The minimum atomic E-state index is -0.300. The number of phenols is 1. The summed E-state index contributed by atoms with van der Waals surface area (Å²) < 4.78 is 1.64. The van der Waals surface area contributed by atoms with Crippen LogP contribution < -0.4 is 5.32 Å². The minimum absolute atomic E-state index is 0.0763. The Morgan fingerprint density at radius 2 is 1.85 bits per heavy atom. The number of nitrogens with one attached hydrogen (secondary N) is 1. The van der Waals surface area contributed by atoms with E-state index in [1.165, 1.54) is 12.1 Å². The van der Waals surface area contributed by atoms with Crippen molar-refractivity contribution in [1.29, 1.82) is 0 Å². The molecule has 7 heteroatoms. The van der Waals surface area contributed by atoms with E-state index >= 15 is 0 Å². The van der Waals surface area contributed by atoms with E-state index in [-0.39, 0.29) is 21.7 Å². The maximum Gasteiger partial charge on any atom is 0.259 e. The van der Waals surface area contributed by atoms with Crippen molar-refractivity contribution in [2.45, 2.75) is 13.8 Å². The Labute approximate surface area is 126 Å². The van der Waals surface area contributed by atoms with Crippen LogP contribution in [-0.4, -0.2) is 20.8 Å². The summed E-state index contributed by atoms with van der Waals surface area (Å²) in [5.74, 6) is -0.508. The molecule has 1 aromatic carbocycles. The number of anilines is 1. The Bertz CT molecular complexity index is 672. The Kier molecular flexibility index (Phi) is 3.92. The number of carbonyl (C=O) groups excluding carboxylic acids is 1. The fraction of sp³-hybridized carbons (Fsp3) is 0.231. The van der Waals surface area contributed by atoms with E-state index in [0.29, 0.717) is 16.9 Å². The normalized spacial score (nSPS) is 10.7. The highest BCUT2D eigenvalue weighted by molar-refractivity contribution is 6.37. The van der Waals surface area contributed by atoms with Gasteiger partial charge in [-0.25, -0.2) is 0 Å². The Hall–Kier alpha value is -1.72. The summed E-state index contributed by atoms with van der Waals surface area (Å²) >= 11 is 11.6. The molecule has 0 aliphatic carbocycles. The van der Waals surface area contributed by atoms with Gasteiger partial charge in [-0.1, -0.05) is 23.2 Å². The van der Waals surface area contributed by atoms with Gasteiger partial charge in [-0.15, -0.1) is 0 Å². The third-order valence-corrected chi connectivity index (χ3v) is 3.59. The van der Waals surface area contributed by atoms with Gasteiger partial charge in [0.25, 0.3) is 5.91 Å². The van der Waals surface area contributed by atoms with E-state index in [2.05, 4.69) is 10.4 Å². The van der Waals surface area contributed by atoms with E-state index in [9.17, 15) is 9.90 Å². The third kappa shape index (κ3) is 2.59. The number of phenolic OH excluding ortho intramolecular Hbond substituents is 1. The topological polar surface area (TPSA) is 67.2 Å². The molecule has 106 valence electrons. The SMILES string of the molecule is Cc1nn(C)c(C)c1C(=O)Nc1cc(Cl)c(O)c(Cl)c1. The van der Waals surface area contributed by atoms with Crippen LogP contribution in [0.2, 0.25) is 10.0 Å². The molecule has 0 atom stereocenters. The van der Waals surface area contributed by atoms with E-state index in [1.54, 1.807) is 18.7 Å². The standard InChI is InChI=1S/C13H13Cl2N3O2/c1-6-11(7(2)18(3)17-6)13(20)16-8-4-9(14)12(19)10(15)5-8/h4-5,19H,1-3H3,(H,16,20). The quantitative estimate of drug-likeness (QED) is 0.836. The van der Waals surface area contributed by atoms with Gasteiger partial charge in [0.1, 0.15) is 0 Å². The number of aromatic nitrogens is 2. The molecule has 0 saturated carbocycles. The molecule has 1 amide bonds. The highest BCUT2D eigenvalue weighted by Crippen LogP contribution is 2.34. The lowest BCUT2D eigenvalue weighted by atomic mass is 10.2. The summed E-state index contributed by atoms with van der Waals surface area (Å²) in [6.45, 7) is 3.57. The van der Waals surface area contributed by atoms with Gasteiger partial charge in [-0.05, 0) is 26.0 Å². The van der Waals surface area contributed by atoms with Crippen LogP contribution in [-0.2, 0) is 7.05 Å². The number of halogens is 2. The largest absolute Gasteiger partial charge is 0.505 e. The van der Waals surface area contributed by atoms with Crippen molar-refractivity contribution in [3.63, 3.8) is 0 Å². The van der Waals surface area contributed by atoms with Crippen molar-refractivity contribution in [3.8, 4) is 5.75 Å². The summed E-state index contributed by atoms with van der Waals surface area (Å²) in [6.07, 6.45) is 0. The molecular weight excluding hydrogens is 301 g/mol. The Balaban J connectivity index is 2.33. The molecule has 0 fully saturated rings. The summed E-state index contributed by atoms with van der Waals surface area (Å²) in [5, 5.41) is 16.5. The minimum Gasteiger partial charge on any atom is -0.505 e. The van der Waals surface area contributed by atoms with Gasteiger partial charge in [-0.2, -0.15) is 5.10 Å². The first-order valence-corrected chi connectivity index (χ1v) is 6.56. The first-order valence-electron chi connectivity index (χ1n) is 5.80. The van der Waals surface area contributed by atoms with Gasteiger partial charge in [0.15, 0.2) is 5.75 Å². The molecule has 0 aliphatic rings. The van der Waals surface area contributed by atoms with Crippen LogP contribution in [0.3, 0.4) is 0 Å². The van der Waals surface area contributed by atoms with Crippen LogP contribution in [0.15, 0.2) is 12.1 Å². The number of carbonyl (C=O) groups is 1. The van der Waals surface area contributed by atoms with Gasteiger partial charge < -0.3 is 10.4 Å². The number of hydrogen-bond acceptors (Lipinski definition) is 3. The first-order chi connectivity index (χ1) is 9.31. The molecule has 0 spiro atoms. The number of aryl methyl sites for hydroxylation is 2. The van der Waals surface area contributed by atoms with Crippen LogP contribution in [0.5, 0.6) is 5.75 Å². The lowest BCUT2D eigenvalue weighted by Crippen LogP contribution is -2.14. The zero-order valence-electron chi connectivity index (χ0n) is 11.2. The van der Waals surface area contributed by atoms with Gasteiger partial charge in [0, 0.05) is 18.4 Å². The second-order valence-electron chi connectivity index (χ2n) is 4.41. The lowest BCUT2D eigenvalue weighted by Gasteiger charge is -2.08. The van der Waals surface area contributed by atoms with Crippen molar-refractivity contribution in [2.75, 3.05) is 5.32 Å². The maximum absolute atomic E-state index is 12.3. The van der Waals surface area contributed by atoms with Gasteiger partial charge >= 0.3 is 0 Å². The number of amides is 1. The average Bonchev–Trinajstić information content (AvgIpc) is 2.60. The molecule has 1 heterocycles. The van der Waals surface area contributed by atoms with E-state index in [4.69, 9.17) is 23.2 Å². The summed E-state index contributed by atoms with van der Waals surface area (Å²) in [4.78, 5) is 12.3. The number of rotatable bonds is 2. The predicted molar refractivity (Wildman–Crippen MR) is 78.8 cm³/mol. The zero-order valence-corrected chi connectivity index (χ0v) is 12.7. The molecule has 0 saturated heterocycles. The Morgan fingerprint density at radius 1 is 1.30 bits per heavy atom. The first kappa shape index (κ1) is 14.7. The van der Waals surface area contributed by atoms with Crippen LogP contribution in [0.25, 0.3) is 0 Å². The van der Waals surface area contributed by atoms with Crippen molar-refractivity contribution in [1.82, 2.24) is 9.78 Å². The average molecular weight is 314 g/mol. The van der Waals surface area contributed by atoms with Gasteiger partial charge in [0.2, 0.25) is 0 Å². The highest BCUT2D eigenvalue weighted by atomic mass is 35.5. The van der Waals surface area contributed by atoms with E-state index in [0.717, 1.165) is 5.69 Å². The highest BCUT2D eigenvalue weighted by Gasteiger charge is 2.18. The van der Waals surface area contributed by atoms with Crippen molar-refractivity contribution in [2.24, 2.45) is 7.05 Å². The zero-order chi connectivity index (χ0) is 15.0. The second-order valence-corrected chi connectivity index (χ2v) is 5.23. The Morgan fingerprint density at radius 3 is 2.30 bits per heavy atom. The third-order valence-electron chi connectivity index (χ3n) is 3.01. The van der Waals surface area contributed by atoms with Crippen molar-refractivity contribution in [3.05, 3.63) is 39.1 Å². The number of benzene rings is 1. The number of aromatic hydroxyl groups is 1. The molecule has 1 aromatic heterocycles. The summed E-state index contributed by atoms with van der Waals surface area (Å²) in [7, 11) is 1.77. The van der Waals surface area contributed by atoms with Crippen LogP contribution >= 0.6 is 23.2 Å². The molecule has 0 unspecified atom stereocenters. The maximum atomic E-state index is 12.3. The molecule has 0 aliphatic heterocycles. The number of hydrogen-bond donors (Lipinski definition) is 2. The molecule has 0 bridgehead atoms. The van der Waals surface area contributed by atoms with Gasteiger partial charge in [0.05, 0.1) is 21.3 Å². The van der Waals surface area contributed by atoms with Crippen LogP contribution in [0.4, 0.5) is 5.69 Å². The molecule has 20 heavy (non-hydrogen) atoms. The van der Waals surface area contributed by atoms with Crippen molar-refractivity contribution >= 4 is 34.8 Å². The molecule has 2 rings (SSSR count). The molecule has 0 radical (unpaired) electrons. The predicted octanol–water partition coefficient (Wildman–Crippen LogP) is 3.30. The van der Waals surface area contributed by atoms with Crippen molar-refractivity contribution < 1.29 is 9.90 Å². The van der Waals surface area contributed by atoms with Crippen LogP contribution in [0.1, 0.15) is 21.7 Å². The molecule has 2 N–H and O–H groups in total. The van der Waals surface area contributed by atoms with E-state index < -0.39 is 0 Å². The molecule has 2 aromatic rings. The summed E-state index contributed by atoms with van der Waals surface area (Å²) in [5.41, 5.74) is 2.31. The lowest BCUT2D eigenvalue weighted by molar-refractivity contribution is 0.102. The molecule has 5 nitrogen and oxygen atoms in total. The van der Waals surface area contributed by atoms with Crippen LogP contribution in [0, 0.1) is 13.8 Å².